The van der Waals surface area contributed by atoms with Crippen molar-refractivity contribution in [1.29, 1.82) is 0 Å². The van der Waals surface area contributed by atoms with E-state index in [0.717, 1.165) is 11.1 Å². The second kappa shape index (κ2) is 8.43. The van der Waals surface area contributed by atoms with Crippen LogP contribution in [0.4, 0.5) is 10.1 Å². The van der Waals surface area contributed by atoms with E-state index in [2.05, 4.69) is 10.3 Å². The predicted molar refractivity (Wildman–Crippen MR) is 126 cm³/mol. The van der Waals surface area contributed by atoms with Crippen molar-refractivity contribution < 1.29 is 23.5 Å². The van der Waals surface area contributed by atoms with Crippen LogP contribution in [0.1, 0.15) is 22.3 Å². The molecule has 0 bridgehead atoms. The van der Waals surface area contributed by atoms with Gasteiger partial charge in [-0.15, -0.1) is 0 Å². The van der Waals surface area contributed by atoms with Gasteiger partial charge >= 0.3 is 0 Å². The van der Waals surface area contributed by atoms with Crippen LogP contribution < -0.4 is 10.1 Å². The lowest BCUT2D eigenvalue weighted by Gasteiger charge is -2.33. The molecule has 1 aliphatic rings. The maximum absolute atomic E-state index is 14.3. The Kier molecular flexibility index (Phi) is 5.42. The minimum Gasteiger partial charge on any atom is -0.497 e. The Hall–Kier alpha value is -3.97. The fraction of sp³-hybridized carbons (Fsp3) is 0.185. The van der Waals surface area contributed by atoms with E-state index in [0.29, 0.717) is 39.8 Å². The molecule has 4 aromatic rings. The Balaban J connectivity index is 1.66. The first-order valence-corrected chi connectivity index (χ1v) is 10.9. The molecular formula is C27H23FN2O4. The highest BCUT2D eigenvalue weighted by Crippen LogP contribution is 2.48. The number of hydrogen-bond acceptors (Lipinski definition) is 4. The van der Waals surface area contributed by atoms with Crippen LogP contribution >= 0.6 is 0 Å². The number of amides is 1. The summed E-state index contributed by atoms with van der Waals surface area (Å²) in [4.78, 5) is 29.4. The Bertz CT molecular complexity index is 1400. The highest BCUT2D eigenvalue weighted by Gasteiger charge is 2.56. The molecule has 2 unspecified atom stereocenters. The lowest BCUT2D eigenvalue weighted by atomic mass is 9.71. The number of anilines is 1. The first kappa shape index (κ1) is 21.9. The largest absolute Gasteiger partial charge is 0.497 e. The summed E-state index contributed by atoms with van der Waals surface area (Å²) in [6.07, 6.45) is 1.15. The highest BCUT2D eigenvalue weighted by atomic mass is 19.1. The van der Waals surface area contributed by atoms with Crippen LogP contribution in [0.3, 0.4) is 0 Å². The van der Waals surface area contributed by atoms with E-state index in [1.54, 1.807) is 31.5 Å². The summed E-state index contributed by atoms with van der Waals surface area (Å²) in [5.74, 6) is -0.134. The van der Waals surface area contributed by atoms with Gasteiger partial charge in [-0.05, 0) is 54.4 Å². The summed E-state index contributed by atoms with van der Waals surface area (Å²) >= 11 is 0. The molecule has 2 N–H and O–H groups in total. The van der Waals surface area contributed by atoms with Gasteiger partial charge in [0.15, 0.2) is 6.29 Å². The van der Waals surface area contributed by atoms with Gasteiger partial charge in [0.25, 0.3) is 0 Å². The topological polar surface area (TPSA) is 80.4 Å². The van der Waals surface area contributed by atoms with Gasteiger partial charge in [0, 0.05) is 28.4 Å². The van der Waals surface area contributed by atoms with Crippen LogP contribution in [-0.2, 0) is 26.3 Å². The number of nitrogens with one attached hydrogen (secondary N) is 2. The van der Waals surface area contributed by atoms with Gasteiger partial charge in [-0.3, -0.25) is 4.79 Å². The maximum Gasteiger partial charge on any atom is 0.242 e. The summed E-state index contributed by atoms with van der Waals surface area (Å²) in [7, 11) is 1.58. The van der Waals surface area contributed by atoms with Crippen molar-refractivity contribution in [1.82, 2.24) is 4.98 Å². The van der Waals surface area contributed by atoms with Gasteiger partial charge in [-0.1, -0.05) is 29.8 Å². The first-order valence-electron chi connectivity index (χ1n) is 10.9. The smallest absolute Gasteiger partial charge is 0.242 e. The van der Waals surface area contributed by atoms with E-state index in [1.165, 1.54) is 12.1 Å². The van der Waals surface area contributed by atoms with Crippen molar-refractivity contribution in [3.05, 3.63) is 94.9 Å². The predicted octanol–water partition coefficient (Wildman–Crippen LogP) is 4.65. The number of methoxy groups -OCH3 is 1. The standard InChI is InChI=1S/C27H23FN2O4/c1-16-3-9-24-21(11-16)27(26(32)30-24,22-13-29-23-10-6-18(28)12-20(22)23)25(14-31)34-15-17-4-7-19(33-2)8-5-17/h3-14,25,29H,15H2,1-2H3,(H,30,32). The van der Waals surface area contributed by atoms with Gasteiger partial charge < -0.3 is 24.6 Å². The molecule has 0 fully saturated rings. The first-order chi connectivity index (χ1) is 16.5. The van der Waals surface area contributed by atoms with E-state index < -0.39 is 23.2 Å². The van der Waals surface area contributed by atoms with Gasteiger partial charge in [0.2, 0.25) is 5.91 Å². The average molecular weight is 458 g/mol. The van der Waals surface area contributed by atoms with Crippen molar-refractivity contribution >= 4 is 28.8 Å². The summed E-state index contributed by atoms with van der Waals surface area (Å²) in [5, 5.41) is 3.43. The monoisotopic (exact) mass is 458 g/mol. The molecule has 6 nitrogen and oxygen atoms in total. The zero-order valence-corrected chi connectivity index (χ0v) is 18.7. The second-order valence-electron chi connectivity index (χ2n) is 8.42. The molecule has 2 heterocycles. The number of aromatic amines is 1. The summed E-state index contributed by atoms with van der Waals surface area (Å²) in [6, 6.07) is 17.2. The van der Waals surface area contributed by atoms with Gasteiger partial charge in [-0.25, -0.2) is 4.39 Å². The second-order valence-corrected chi connectivity index (χ2v) is 8.42. The summed E-state index contributed by atoms with van der Waals surface area (Å²) in [6.45, 7) is 2.01. The molecule has 0 aliphatic carbocycles. The SMILES string of the molecule is COc1ccc(COC(C=O)C2(c3c[nH]c4ccc(F)cc34)C(=O)Nc3ccc(C)cc32)cc1. The van der Waals surface area contributed by atoms with Crippen LogP contribution in [-0.4, -0.2) is 30.4 Å². The molecule has 2 atom stereocenters. The van der Waals surface area contributed by atoms with Crippen molar-refractivity contribution in [2.24, 2.45) is 0 Å². The molecule has 34 heavy (non-hydrogen) atoms. The quantitative estimate of drug-likeness (QED) is 0.395. The Morgan fingerprint density at radius 1 is 1.06 bits per heavy atom. The van der Waals surface area contributed by atoms with Gasteiger partial charge in [0.05, 0.1) is 13.7 Å². The maximum atomic E-state index is 14.3. The highest BCUT2D eigenvalue weighted by molar-refractivity contribution is 6.13. The van der Waals surface area contributed by atoms with Gasteiger partial charge in [0.1, 0.15) is 23.1 Å². The number of halogens is 1. The van der Waals surface area contributed by atoms with Crippen molar-refractivity contribution in [3.8, 4) is 5.75 Å². The van der Waals surface area contributed by atoms with Crippen molar-refractivity contribution in [3.63, 3.8) is 0 Å². The van der Waals surface area contributed by atoms with E-state index in [1.807, 2.05) is 37.3 Å². The minimum atomic E-state index is -1.50. The number of aryl methyl sites for hydroxylation is 1. The number of carbonyl (C=O) groups excluding carboxylic acids is 2. The van der Waals surface area contributed by atoms with Crippen molar-refractivity contribution in [2.75, 3.05) is 12.4 Å². The molecule has 1 aromatic heterocycles. The fourth-order valence-corrected chi connectivity index (χ4v) is 4.73. The molecule has 0 radical (unpaired) electrons. The average Bonchev–Trinajstić information content (AvgIpc) is 3.38. The Morgan fingerprint density at radius 2 is 1.85 bits per heavy atom. The molecule has 1 amide bonds. The number of aromatic nitrogens is 1. The van der Waals surface area contributed by atoms with Crippen molar-refractivity contribution in [2.45, 2.75) is 25.0 Å². The molecule has 0 saturated carbocycles. The Labute approximate surface area is 195 Å². The van der Waals surface area contributed by atoms with Crippen LogP contribution in [0.25, 0.3) is 10.9 Å². The van der Waals surface area contributed by atoms with E-state index >= 15 is 0 Å². The molecule has 0 spiro atoms. The number of H-pyrrole nitrogens is 1. The van der Waals surface area contributed by atoms with Crippen LogP contribution in [0.15, 0.2) is 66.9 Å². The number of hydrogen-bond donors (Lipinski definition) is 2. The third kappa shape index (κ3) is 3.36. The Morgan fingerprint density at radius 3 is 2.59 bits per heavy atom. The molecule has 1 aliphatic heterocycles. The molecule has 7 heteroatoms. The van der Waals surface area contributed by atoms with Crippen LogP contribution in [0, 0.1) is 12.7 Å². The number of ether oxygens (including phenoxy) is 2. The zero-order chi connectivity index (χ0) is 23.9. The number of benzene rings is 3. The minimum absolute atomic E-state index is 0.0975. The molecule has 172 valence electrons. The summed E-state index contributed by atoms with van der Waals surface area (Å²) < 4.78 is 25.6. The lowest BCUT2D eigenvalue weighted by Crippen LogP contribution is -2.48. The molecular weight excluding hydrogens is 435 g/mol. The number of fused-ring (bicyclic) bond motifs is 2. The normalized spacial score (nSPS) is 17.9. The van der Waals surface area contributed by atoms with Gasteiger partial charge in [-0.2, -0.15) is 0 Å². The molecule has 3 aromatic carbocycles. The number of rotatable bonds is 7. The third-order valence-electron chi connectivity index (χ3n) is 6.41. The summed E-state index contributed by atoms with van der Waals surface area (Å²) in [5.41, 5.74) is 2.60. The lowest BCUT2D eigenvalue weighted by molar-refractivity contribution is -0.133. The number of carbonyl (C=O) groups is 2. The number of aldehydes is 1. The molecule has 0 saturated heterocycles. The van der Waals surface area contributed by atoms with Crippen LogP contribution in [0.2, 0.25) is 0 Å². The third-order valence-corrected chi connectivity index (χ3v) is 6.41. The van der Waals surface area contributed by atoms with E-state index in [9.17, 15) is 14.0 Å². The molecule has 5 rings (SSSR count). The van der Waals surface area contributed by atoms with E-state index in [-0.39, 0.29) is 6.61 Å². The fourth-order valence-electron chi connectivity index (χ4n) is 4.73. The zero-order valence-electron chi connectivity index (χ0n) is 18.7. The van der Waals surface area contributed by atoms with Crippen LogP contribution in [0.5, 0.6) is 5.75 Å². The van der Waals surface area contributed by atoms with E-state index in [4.69, 9.17) is 9.47 Å².